The van der Waals surface area contributed by atoms with Crippen LogP contribution in [0.1, 0.15) is 18.7 Å². The molecule has 140 valence electrons. The van der Waals surface area contributed by atoms with Crippen LogP contribution >= 0.6 is 11.8 Å². The van der Waals surface area contributed by atoms with Crippen molar-refractivity contribution < 1.29 is 18.4 Å². The molecule has 0 bridgehead atoms. The molecule has 0 spiro atoms. The van der Waals surface area contributed by atoms with Crippen LogP contribution < -0.4 is 10.6 Å². The normalized spacial score (nSPS) is 11.9. The Kier molecular flexibility index (Phi) is 6.13. The highest BCUT2D eigenvalue weighted by atomic mass is 32.2. The van der Waals surface area contributed by atoms with E-state index in [-0.39, 0.29) is 35.0 Å². The molecule has 0 fully saturated rings. The minimum Gasteiger partial charge on any atom is -0.459 e. The van der Waals surface area contributed by atoms with E-state index in [1.165, 1.54) is 12.1 Å². The van der Waals surface area contributed by atoms with Gasteiger partial charge in [0.25, 0.3) is 0 Å². The number of para-hydroxylation sites is 2. The Morgan fingerprint density at radius 3 is 2.56 bits per heavy atom. The second-order valence-electron chi connectivity index (χ2n) is 6.00. The second-order valence-corrected chi connectivity index (χ2v) is 6.98. The first-order valence-electron chi connectivity index (χ1n) is 8.43. The van der Waals surface area contributed by atoms with Crippen molar-refractivity contribution in [2.45, 2.75) is 13.0 Å². The first kappa shape index (κ1) is 19.0. The Balaban J connectivity index is 1.44. The van der Waals surface area contributed by atoms with Crippen LogP contribution in [0.3, 0.4) is 0 Å². The topological polar surface area (TPSA) is 71.3 Å². The SMILES string of the molecule is C[C@H](NC(=O)CSCC(=O)Nc1ccccc1F)c1cc2ccccc2o1. The average Bonchev–Trinajstić information content (AvgIpc) is 3.08. The van der Waals surface area contributed by atoms with Crippen molar-refractivity contribution in [2.24, 2.45) is 0 Å². The third kappa shape index (κ3) is 5.10. The molecule has 0 radical (unpaired) electrons. The summed E-state index contributed by atoms with van der Waals surface area (Å²) in [5, 5.41) is 6.31. The summed E-state index contributed by atoms with van der Waals surface area (Å²) in [6.07, 6.45) is 0. The van der Waals surface area contributed by atoms with E-state index in [4.69, 9.17) is 4.42 Å². The van der Waals surface area contributed by atoms with Crippen molar-refractivity contribution in [3.8, 4) is 0 Å². The maximum absolute atomic E-state index is 13.5. The quantitative estimate of drug-likeness (QED) is 0.641. The maximum atomic E-state index is 13.5. The fourth-order valence-corrected chi connectivity index (χ4v) is 3.18. The van der Waals surface area contributed by atoms with Gasteiger partial charge in [0.1, 0.15) is 17.2 Å². The summed E-state index contributed by atoms with van der Waals surface area (Å²) < 4.78 is 19.2. The fraction of sp³-hybridized carbons (Fsp3) is 0.200. The molecule has 27 heavy (non-hydrogen) atoms. The molecule has 0 aliphatic carbocycles. The molecule has 0 aliphatic rings. The number of furan rings is 1. The summed E-state index contributed by atoms with van der Waals surface area (Å²) in [5.41, 5.74) is 0.902. The van der Waals surface area contributed by atoms with Crippen molar-refractivity contribution in [1.29, 1.82) is 0 Å². The third-order valence-corrected chi connectivity index (χ3v) is 4.80. The molecule has 1 atom stereocenters. The van der Waals surface area contributed by atoms with Crippen LogP contribution in [0.4, 0.5) is 10.1 Å². The lowest BCUT2D eigenvalue weighted by atomic mass is 10.2. The van der Waals surface area contributed by atoms with Crippen molar-refractivity contribution >= 4 is 40.2 Å². The summed E-state index contributed by atoms with van der Waals surface area (Å²) in [6, 6.07) is 15.2. The standard InChI is InChI=1S/C20H19FN2O3S/c1-13(18-10-14-6-2-5-9-17(14)26-18)22-19(24)11-27-12-20(25)23-16-8-4-3-7-15(16)21/h2-10,13H,11-12H2,1H3,(H,22,24)(H,23,25)/t13-/m0/s1. The summed E-state index contributed by atoms with van der Waals surface area (Å²) in [7, 11) is 0. The Morgan fingerprint density at radius 2 is 1.78 bits per heavy atom. The van der Waals surface area contributed by atoms with Gasteiger partial charge in [-0.15, -0.1) is 11.8 Å². The van der Waals surface area contributed by atoms with E-state index >= 15 is 0 Å². The number of hydrogen-bond acceptors (Lipinski definition) is 4. The van der Waals surface area contributed by atoms with E-state index < -0.39 is 5.82 Å². The van der Waals surface area contributed by atoms with Crippen LogP contribution in [0, 0.1) is 5.82 Å². The molecule has 0 aliphatic heterocycles. The van der Waals surface area contributed by atoms with Gasteiger partial charge in [0.15, 0.2) is 0 Å². The summed E-state index contributed by atoms with van der Waals surface area (Å²) in [5.74, 6) is -0.203. The minimum absolute atomic E-state index is 0.0563. The highest BCUT2D eigenvalue weighted by Crippen LogP contribution is 2.23. The van der Waals surface area contributed by atoms with Crippen molar-refractivity contribution in [2.75, 3.05) is 16.8 Å². The van der Waals surface area contributed by atoms with E-state index in [1.807, 2.05) is 37.3 Å². The van der Waals surface area contributed by atoms with E-state index in [9.17, 15) is 14.0 Å². The number of carbonyl (C=O) groups excluding carboxylic acids is 2. The number of halogens is 1. The van der Waals surface area contributed by atoms with Crippen molar-refractivity contribution in [3.63, 3.8) is 0 Å². The van der Waals surface area contributed by atoms with E-state index in [2.05, 4.69) is 10.6 Å². The number of fused-ring (bicyclic) bond motifs is 1. The van der Waals surface area contributed by atoms with Gasteiger partial charge < -0.3 is 15.1 Å². The number of hydrogen-bond donors (Lipinski definition) is 2. The number of benzene rings is 2. The predicted octanol–water partition coefficient (Wildman–Crippen LogP) is 4.12. The van der Waals surface area contributed by atoms with Crippen LogP contribution in [0.5, 0.6) is 0 Å². The molecule has 2 aromatic carbocycles. The van der Waals surface area contributed by atoms with E-state index in [0.29, 0.717) is 5.76 Å². The maximum Gasteiger partial charge on any atom is 0.234 e. The van der Waals surface area contributed by atoms with Gasteiger partial charge in [-0.3, -0.25) is 9.59 Å². The number of nitrogens with one attached hydrogen (secondary N) is 2. The predicted molar refractivity (Wildman–Crippen MR) is 105 cm³/mol. The summed E-state index contributed by atoms with van der Waals surface area (Å²) in [4.78, 5) is 23.9. The molecule has 7 heteroatoms. The number of rotatable bonds is 7. The van der Waals surface area contributed by atoms with Crippen LogP contribution in [0.2, 0.25) is 0 Å². The highest BCUT2D eigenvalue weighted by molar-refractivity contribution is 8.00. The Labute approximate surface area is 160 Å². The smallest absolute Gasteiger partial charge is 0.234 e. The fourth-order valence-electron chi connectivity index (χ4n) is 2.56. The number of anilines is 1. The van der Waals surface area contributed by atoms with Crippen LogP contribution in [-0.4, -0.2) is 23.3 Å². The Morgan fingerprint density at radius 1 is 1.07 bits per heavy atom. The molecule has 0 saturated carbocycles. The van der Waals surface area contributed by atoms with E-state index in [0.717, 1.165) is 22.7 Å². The van der Waals surface area contributed by atoms with Crippen LogP contribution in [-0.2, 0) is 9.59 Å². The zero-order valence-corrected chi connectivity index (χ0v) is 15.5. The molecule has 3 aromatic rings. The number of thioether (sulfide) groups is 1. The lowest BCUT2D eigenvalue weighted by molar-refractivity contribution is -0.119. The zero-order chi connectivity index (χ0) is 19.2. The van der Waals surface area contributed by atoms with E-state index in [1.54, 1.807) is 12.1 Å². The van der Waals surface area contributed by atoms with Gasteiger partial charge in [-0.2, -0.15) is 0 Å². The minimum atomic E-state index is -0.492. The number of carbonyl (C=O) groups is 2. The second kappa shape index (κ2) is 8.73. The van der Waals surface area contributed by atoms with Crippen molar-refractivity contribution in [3.05, 3.63) is 66.2 Å². The molecule has 3 rings (SSSR count). The molecule has 2 amide bonds. The molecule has 0 unspecified atom stereocenters. The molecule has 5 nitrogen and oxygen atoms in total. The molecular formula is C20H19FN2O3S. The molecule has 1 aromatic heterocycles. The average molecular weight is 386 g/mol. The molecule has 1 heterocycles. The van der Waals surface area contributed by atoms with Crippen LogP contribution in [0.25, 0.3) is 11.0 Å². The van der Waals surface area contributed by atoms with Gasteiger partial charge in [0, 0.05) is 5.39 Å². The third-order valence-electron chi connectivity index (χ3n) is 3.86. The largest absolute Gasteiger partial charge is 0.459 e. The Hall–Kier alpha value is -2.80. The van der Waals surface area contributed by atoms with Crippen LogP contribution in [0.15, 0.2) is 59.0 Å². The lowest BCUT2D eigenvalue weighted by Gasteiger charge is -2.11. The zero-order valence-electron chi connectivity index (χ0n) is 14.7. The number of amides is 2. The van der Waals surface area contributed by atoms with Crippen molar-refractivity contribution in [1.82, 2.24) is 5.32 Å². The first-order valence-corrected chi connectivity index (χ1v) is 9.58. The summed E-state index contributed by atoms with van der Waals surface area (Å²) in [6.45, 7) is 1.84. The molecule has 2 N–H and O–H groups in total. The van der Waals surface area contributed by atoms with Gasteiger partial charge in [-0.05, 0) is 31.2 Å². The Bertz CT molecular complexity index is 924. The van der Waals surface area contributed by atoms with Gasteiger partial charge >= 0.3 is 0 Å². The summed E-state index contributed by atoms with van der Waals surface area (Å²) >= 11 is 1.16. The van der Waals surface area contributed by atoms with Gasteiger partial charge in [0.2, 0.25) is 11.8 Å². The lowest BCUT2D eigenvalue weighted by Crippen LogP contribution is -2.28. The molecule has 0 saturated heterocycles. The highest BCUT2D eigenvalue weighted by Gasteiger charge is 2.15. The van der Waals surface area contributed by atoms with Gasteiger partial charge in [-0.1, -0.05) is 30.3 Å². The van der Waals surface area contributed by atoms with Gasteiger partial charge in [-0.25, -0.2) is 4.39 Å². The molecular weight excluding hydrogens is 367 g/mol. The monoisotopic (exact) mass is 386 g/mol. The van der Waals surface area contributed by atoms with Gasteiger partial charge in [0.05, 0.1) is 23.2 Å². The first-order chi connectivity index (χ1) is 13.0.